The molecule has 0 saturated carbocycles. The second-order valence-corrected chi connectivity index (χ2v) is 2.35. The topological polar surface area (TPSA) is 179 Å². The van der Waals surface area contributed by atoms with Crippen LogP contribution in [0.15, 0.2) is 0 Å². The molecule has 0 spiro atoms. The summed E-state index contributed by atoms with van der Waals surface area (Å²) < 4.78 is 0. The van der Waals surface area contributed by atoms with Gasteiger partial charge < -0.3 is 33.1 Å². The highest BCUT2D eigenvalue weighted by Crippen LogP contribution is 2.05. The molecule has 0 unspecified atom stereocenters. The molecule has 0 aromatic carbocycles. The zero-order valence-electron chi connectivity index (χ0n) is 6.02. The van der Waals surface area contributed by atoms with Crippen LogP contribution in [0.5, 0.6) is 0 Å². The highest BCUT2D eigenvalue weighted by atomic mass is 16.4. The molecular formula is C4H10N4O4. The van der Waals surface area contributed by atoms with Crippen LogP contribution in [0.1, 0.15) is 0 Å². The summed E-state index contributed by atoms with van der Waals surface area (Å²) in [5.74, 6) is -3.59. The van der Waals surface area contributed by atoms with Crippen LogP contribution in [0.25, 0.3) is 0 Å². The number of carboxylic acids is 2. The maximum absolute atomic E-state index is 10.3. The van der Waals surface area contributed by atoms with E-state index in [1.807, 2.05) is 0 Å². The smallest absolute Gasteiger partial charge is 0.342 e. The van der Waals surface area contributed by atoms with Crippen molar-refractivity contribution in [1.29, 1.82) is 0 Å². The summed E-state index contributed by atoms with van der Waals surface area (Å²) in [6.07, 6.45) is 0. The Labute approximate surface area is 67.1 Å². The van der Waals surface area contributed by atoms with E-state index in [2.05, 4.69) is 0 Å². The molecule has 0 saturated heterocycles. The normalized spacial score (nSPS) is 12.7. The molecule has 0 aliphatic heterocycles. The fourth-order valence-corrected chi connectivity index (χ4v) is 0.354. The minimum absolute atomic E-state index is 1.80. The van der Waals surface area contributed by atoms with Gasteiger partial charge >= 0.3 is 11.9 Å². The molecule has 0 fully saturated rings. The van der Waals surface area contributed by atoms with Crippen molar-refractivity contribution in [2.45, 2.75) is 11.3 Å². The molecule has 8 nitrogen and oxygen atoms in total. The van der Waals surface area contributed by atoms with Crippen molar-refractivity contribution < 1.29 is 19.8 Å². The Balaban J connectivity index is 5.01. The number of rotatable bonds is 3. The number of carboxylic acid groups (broad SMARTS) is 2. The van der Waals surface area contributed by atoms with Gasteiger partial charge in [-0.1, -0.05) is 0 Å². The zero-order chi connectivity index (χ0) is 10.2. The molecule has 0 rings (SSSR count). The number of nitrogens with two attached hydrogens (primary N) is 4. The average molecular weight is 178 g/mol. The van der Waals surface area contributed by atoms with Gasteiger partial charge in [0.2, 0.25) is 11.3 Å². The third kappa shape index (κ3) is 1.36. The van der Waals surface area contributed by atoms with Crippen molar-refractivity contribution in [1.82, 2.24) is 0 Å². The SMILES string of the molecule is NC(N)(C(=O)O)C(N)(N)C(=O)O. The number of hydrogen-bond donors (Lipinski definition) is 6. The molecular weight excluding hydrogens is 168 g/mol. The van der Waals surface area contributed by atoms with E-state index in [0.29, 0.717) is 0 Å². The van der Waals surface area contributed by atoms with Crippen LogP contribution in [-0.4, -0.2) is 33.5 Å². The number of carbonyl (C=O) groups is 2. The highest BCUT2D eigenvalue weighted by molar-refractivity contribution is 5.91. The standard InChI is InChI=1S/C4H10N4O4/c5-3(6,1(9)10)4(7,8)2(11)12/h5-8H2,(H,9,10)(H,11,12). The molecule has 0 atom stereocenters. The van der Waals surface area contributed by atoms with E-state index in [-0.39, 0.29) is 0 Å². The van der Waals surface area contributed by atoms with Gasteiger partial charge in [-0.05, 0) is 0 Å². The van der Waals surface area contributed by atoms with E-state index in [1.54, 1.807) is 0 Å². The van der Waals surface area contributed by atoms with Gasteiger partial charge in [0, 0.05) is 0 Å². The first kappa shape index (κ1) is 10.8. The molecule has 0 heterocycles. The summed E-state index contributed by atoms with van der Waals surface area (Å²) in [6, 6.07) is 0. The summed E-state index contributed by atoms with van der Waals surface area (Å²) >= 11 is 0. The summed E-state index contributed by atoms with van der Waals surface area (Å²) in [5, 5.41) is 16.7. The maximum atomic E-state index is 10.3. The number of aliphatic carboxylic acids is 2. The van der Waals surface area contributed by atoms with Gasteiger partial charge in [0.15, 0.2) is 0 Å². The Morgan fingerprint density at radius 2 is 1.00 bits per heavy atom. The average Bonchev–Trinajstić information content (AvgIpc) is 1.86. The van der Waals surface area contributed by atoms with E-state index < -0.39 is 23.3 Å². The molecule has 0 bridgehead atoms. The largest absolute Gasteiger partial charge is 0.479 e. The van der Waals surface area contributed by atoms with Crippen molar-refractivity contribution >= 4 is 11.9 Å². The predicted octanol–water partition coefficient (Wildman–Crippen LogP) is -3.62. The summed E-state index contributed by atoms with van der Waals surface area (Å²) in [5.41, 5.74) is 14.1. The van der Waals surface area contributed by atoms with E-state index in [4.69, 9.17) is 33.1 Å². The molecule has 0 amide bonds. The fourth-order valence-electron chi connectivity index (χ4n) is 0.354. The van der Waals surface area contributed by atoms with Gasteiger partial charge in [0.05, 0.1) is 0 Å². The fraction of sp³-hybridized carbons (Fsp3) is 0.500. The van der Waals surface area contributed by atoms with E-state index in [9.17, 15) is 9.59 Å². The van der Waals surface area contributed by atoms with Crippen molar-refractivity contribution in [2.24, 2.45) is 22.9 Å². The molecule has 8 heteroatoms. The lowest BCUT2D eigenvalue weighted by atomic mass is 9.96. The quantitative estimate of drug-likeness (QED) is 0.239. The Morgan fingerprint density at radius 1 is 0.833 bits per heavy atom. The number of hydrogen-bond acceptors (Lipinski definition) is 6. The summed E-state index contributed by atoms with van der Waals surface area (Å²) in [6.45, 7) is 0. The highest BCUT2D eigenvalue weighted by Gasteiger charge is 2.52. The van der Waals surface area contributed by atoms with Gasteiger partial charge in [-0.2, -0.15) is 0 Å². The maximum Gasteiger partial charge on any atom is 0.342 e. The Bertz CT molecular complexity index is 199. The summed E-state index contributed by atoms with van der Waals surface area (Å²) in [7, 11) is 0. The Hall–Kier alpha value is -1.22. The van der Waals surface area contributed by atoms with Crippen LogP contribution in [0.3, 0.4) is 0 Å². The first-order valence-electron chi connectivity index (χ1n) is 2.76. The van der Waals surface area contributed by atoms with Crippen LogP contribution in [0.4, 0.5) is 0 Å². The zero-order valence-corrected chi connectivity index (χ0v) is 6.02. The lowest BCUT2D eigenvalue weighted by Gasteiger charge is -2.32. The molecule has 10 N–H and O–H groups in total. The third-order valence-electron chi connectivity index (χ3n) is 1.39. The van der Waals surface area contributed by atoms with Crippen LogP contribution >= 0.6 is 0 Å². The molecule has 12 heavy (non-hydrogen) atoms. The van der Waals surface area contributed by atoms with Crippen molar-refractivity contribution in [3.8, 4) is 0 Å². The monoisotopic (exact) mass is 178 g/mol. The second kappa shape index (κ2) is 2.68. The summed E-state index contributed by atoms with van der Waals surface area (Å²) in [4.78, 5) is 20.6. The van der Waals surface area contributed by atoms with Crippen molar-refractivity contribution in [3.63, 3.8) is 0 Å². The minimum Gasteiger partial charge on any atom is -0.479 e. The molecule has 70 valence electrons. The van der Waals surface area contributed by atoms with Gasteiger partial charge in [0.25, 0.3) is 0 Å². The third-order valence-corrected chi connectivity index (χ3v) is 1.39. The molecule has 0 aliphatic rings. The van der Waals surface area contributed by atoms with Crippen molar-refractivity contribution in [2.75, 3.05) is 0 Å². The first-order valence-corrected chi connectivity index (χ1v) is 2.76. The van der Waals surface area contributed by atoms with Crippen LogP contribution in [0, 0.1) is 0 Å². The van der Waals surface area contributed by atoms with Gasteiger partial charge in [-0.3, -0.25) is 0 Å². The van der Waals surface area contributed by atoms with E-state index in [1.165, 1.54) is 0 Å². The Morgan fingerprint density at radius 3 is 1.08 bits per heavy atom. The minimum atomic E-state index is -2.71. The van der Waals surface area contributed by atoms with Crippen LogP contribution in [0.2, 0.25) is 0 Å². The van der Waals surface area contributed by atoms with E-state index >= 15 is 0 Å². The molecule has 0 radical (unpaired) electrons. The lowest BCUT2D eigenvalue weighted by Crippen LogP contribution is -2.82. The van der Waals surface area contributed by atoms with Crippen LogP contribution < -0.4 is 22.9 Å². The molecule has 0 aliphatic carbocycles. The predicted molar refractivity (Wildman–Crippen MR) is 37.5 cm³/mol. The lowest BCUT2D eigenvalue weighted by molar-refractivity contribution is -0.157. The molecule has 0 aromatic rings. The van der Waals surface area contributed by atoms with Gasteiger partial charge in [0.1, 0.15) is 0 Å². The van der Waals surface area contributed by atoms with E-state index in [0.717, 1.165) is 0 Å². The van der Waals surface area contributed by atoms with Crippen LogP contribution in [-0.2, 0) is 9.59 Å². The molecule has 0 aromatic heterocycles. The van der Waals surface area contributed by atoms with Gasteiger partial charge in [-0.15, -0.1) is 0 Å². The van der Waals surface area contributed by atoms with Gasteiger partial charge in [-0.25, -0.2) is 9.59 Å². The second-order valence-electron chi connectivity index (χ2n) is 2.35. The van der Waals surface area contributed by atoms with Crippen molar-refractivity contribution in [3.05, 3.63) is 0 Å². The Kier molecular flexibility index (Phi) is 2.41. The first-order chi connectivity index (χ1) is 5.14.